The Morgan fingerprint density at radius 1 is 1.30 bits per heavy atom. The molecule has 6 nitrogen and oxygen atoms in total. The van der Waals surface area contributed by atoms with Crippen molar-refractivity contribution in [3.05, 3.63) is 52.2 Å². The Labute approximate surface area is 136 Å². The number of nitrogens with zero attached hydrogens (tertiary/aromatic N) is 3. The van der Waals surface area contributed by atoms with E-state index in [1.807, 2.05) is 18.3 Å². The molecule has 23 heavy (non-hydrogen) atoms. The minimum Gasteiger partial charge on any atom is -0.468 e. The molecule has 0 unspecified atom stereocenters. The molecule has 0 fully saturated rings. The average Bonchev–Trinajstić information content (AvgIpc) is 2.88. The minimum absolute atomic E-state index is 0.167. The van der Waals surface area contributed by atoms with Crippen molar-refractivity contribution < 1.29 is 9.53 Å². The van der Waals surface area contributed by atoms with E-state index in [2.05, 4.69) is 9.72 Å². The smallest absolute Gasteiger partial charge is 0.325 e. The van der Waals surface area contributed by atoms with Crippen LogP contribution in [0.2, 0.25) is 5.02 Å². The SMILES string of the molecule is COC(=O)Cn1cnc2c(-c3ccc(Cl)cc3)cn(C)c2c1=O. The van der Waals surface area contributed by atoms with E-state index >= 15 is 0 Å². The lowest BCUT2D eigenvalue weighted by Crippen LogP contribution is -2.26. The lowest BCUT2D eigenvalue weighted by atomic mass is 10.1. The third kappa shape index (κ3) is 2.73. The normalized spacial score (nSPS) is 10.9. The number of carbonyl (C=O) groups is 1. The van der Waals surface area contributed by atoms with Crippen LogP contribution in [-0.2, 0) is 23.1 Å². The number of carbonyl (C=O) groups excluding carboxylic acids is 1. The van der Waals surface area contributed by atoms with Gasteiger partial charge in [0.2, 0.25) is 0 Å². The van der Waals surface area contributed by atoms with Crippen molar-refractivity contribution in [2.24, 2.45) is 7.05 Å². The molecule has 0 saturated heterocycles. The number of hydrogen-bond acceptors (Lipinski definition) is 4. The van der Waals surface area contributed by atoms with Gasteiger partial charge in [-0.05, 0) is 17.7 Å². The lowest BCUT2D eigenvalue weighted by molar-refractivity contribution is -0.141. The predicted molar refractivity (Wildman–Crippen MR) is 87.4 cm³/mol. The second kappa shape index (κ2) is 5.89. The maximum atomic E-state index is 12.6. The molecule has 3 aromatic rings. The van der Waals surface area contributed by atoms with Crippen molar-refractivity contribution >= 4 is 28.6 Å². The van der Waals surface area contributed by atoms with E-state index in [4.69, 9.17) is 11.6 Å². The maximum absolute atomic E-state index is 12.6. The number of hydrogen-bond donors (Lipinski definition) is 0. The van der Waals surface area contributed by atoms with Crippen LogP contribution in [0, 0.1) is 0 Å². The summed E-state index contributed by atoms with van der Waals surface area (Å²) in [5.41, 5.74) is 2.48. The van der Waals surface area contributed by atoms with Crippen LogP contribution >= 0.6 is 11.6 Å². The summed E-state index contributed by atoms with van der Waals surface area (Å²) >= 11 is 5.91. The molecule has 7 heteroatoms. The Hall–Kier alpha value is -2.60. The van der Waals surface area contributed by atoms with Crippen molar-refractivity contribution in [1.29, 1.82) is 0 Å². The summed E-state index contributed by atoms with van der Waals surface area (Å²) in [5.74, 6) is -0.500. The number of benzene rings is 1. The van der Waals surface area contributed by atoms with Gasteiger partial charge in [0.25, 0.3) is 5.56 Å². The average molecular weight is 332 g/mol. The Bertz CT molecular complexity index is 942. The van der Waals surface area contributed by atoms with Gasteiger partial charge >= 0.3 is 5.97 Å². The lowest BCUT2D eigenvalue weighted by Gasteiger charge is -2.04. The summed E-state index contributed by atoms with van der Waals surface area (Å²) < 4.78 is 7.54. The highest BCUT2D eigenvalue weighted by molar-refractivity contribution is 6.30. The fourth-order valence-corrected chi connectivity index (χ4v) is 2.60. The monoisotopic (exact) mass is 331 g/mol. The van der Waals surface area contributed by atoms with Crippen molar-refractivity contribution in [3.8, 4) is 11.1 Å². The topological polar surface area (TPSA) is 66.1 Å². The number of halogens is 1. The molecule has 0 amide bonds. The number of ether oxygens (including phenoxy) is 1. The molecule has 0 saturated carbocycles. The minimum atomic E-state index is -0.500. The third-order valence-corrected chi connectivity index (χ3v) is 3.88. The molecule has 0 atom stereocenters. The van der Waals surface area contributed by atoms with Gasteiger partial charge in [-0.15, -0.1) is 0 Å². The maximum Gasteiger partial charge on any atom is 0.325 e. The van der Waals surface area contributed by atoms with E-state index in [0.29, 0.717) is 16.1 Å². The molecule has 0 radical (unpaired) electrons. The Kier molecular flexibility index (Phi) is 3.92. The molecule has 0 N–H and O–H groups in total. The number of rotatable bonds is 3. The van der Waals surface area contributed by atoms with Gasteiger partial charge in [-0.25, -0.2) is 4.98 Å². The Balaban J connectivity index is 2.17. The fraction of sp³-hybridized carbons (Fsp3) is 0.188. The van der Waals surface area contributed by atoms with Crippen LogP contribution in [0.15, 0.2) is 41.6 Å². The van der Waals surface area contributed by atoms with Crippen LogP contribution in [0.3, 0.4) is 0 Å². The quantitative estimate of drug-likeness (QED) is 0.690. The highest BCUT2D eigenvalue weighted by Crippen LogP contribution is 2.28. The highest BCUT2D eigenvalue weighted by Gasteiger charge is 2.15. The third-order valence-electron chi connectivity index (χ3n) is 3.63. The van der Waals surface area contributed by atoms with Crippen LogP contribution in [0.4, 0.5) is 0 Å². The number of fused-ring (bicyclic) bond motifs is 1. The van der Waals surface area contributed by atoms with Gasteiger partial charge in [-0.3, -0.25) is 14.2 Å². The van der Waals surface area contributed by atoms with Gasteiger partial charge < -0.3 is 9.30 Å². The van der Waals surface area contributed by atoms with Crippen molar-refractivity contribution in [2.75, 3.05) is 7.11 Å². The summed E-state index contributed by atoms with van der Waals surface area (Å²) in [6.45, 7) is -0.167. The summed E-state index contributed by atoms with van der Waals surface area (Å²) in [7, 11) is 3.05. The van der Waals surface area contributed by atoms with Crippen LogP contribution in [0.5, 0.6) is 0 Å². The zero-order valence-corrected chi connectivity index (χ0v) is 13.4. The molecule has 0 spiro atoms. The van der Waals surface area contributed by atoms with Crippen LogP contribution in [-0.4, -0.2) is 27.2 Å². The first-order valence-electron chi connectivity index (χ1n) is 6.88. The number of methoxy groups -OCH3 is 1. The van der Waals surface area contributed by atoms with Crippen molar-refractivity contribution in [1.82, 2.24) is 14.1 Å². The van der Waals surface area contributed by atoms with Gasteiger partial charge in [0.1, 0.15) is 17.6 Å². The molecule has 0 aliphatic rings. The first-order chi connectivity index (χ1) is 11.0. The molecule has 2 heterocycles. The summed E-state index contributed by atoms with van der Waals surface area (Å²) in [6, 6.07) is 7.32. The van der Waals surface area contributed by atoms with Gasteiger partial charge in [-0.1, -0.05) is 23.7 Å². The van der Waals surface area contributed by atoms with Gasteiger partial charge in [0.05, 0.1) is 13.4 Å². The largest absolute Gasteiger partial charge is 0.468 e. The molecule has 0 aliphatic carbocycles. The zero-order chi connectivity index (χ0) is 16.6. The molecule has 0 aliphatic heterocycles. The Morgan fingerprint density at radius 2 is 2.00 bits per heavy atom. The predicted octanol–water partition coefficient (Wildman–Crippen LogP) is 2.23. The molecular weight excluding hydrogens is 318 g/mol. The molecule has 3 rings (SSSR count). The molecular formula is C16H14ClN3O3. The van der Waals surface area contributed by atoms with Gasteiger partial charge in [-0.2, -0.15) is 0 Å². The molecule has 2 aromatic heterocycles. The fourth-order valence-electron chi connectivity index (χ4n) is 2.47. The van der Waals surface area contributed by atoms with Crippen molar-refractivity contribution in [2.45, 2.75) is 6.54 Å². The second-order valence-corrected chi connectivity index (χ2v) is 5.55. The number of esters is 1. The first kappa shape index (κ1) is 15.3. The first-order valence-corrected chi connectivity index (χ1v) is 7.26. The Morgan fingerprint density at radius 3 is 2.65 bits per heavy atom. The summed E-state index contributed by atoms with van der Waals surface area (Å²) in [4.78, 5) is 28.3. The van der Waals surface area contributed by atoms with E-state index in [9.17, 15) is 9.59 Å². The summed E-state index contributed by atoms with van der Waals surface area (Å²) in [6.07, 6.45) is 3.20. The summed E-state index contributed by atoms with van der Waals surface area (Å²) in [5, 5.41) is 0.641. The standard InChI is InChI=1S/C16H14ClN3O3/c1-19-7-12(10-3-5-11(17)6-4-10)14-15(19)16(22)20(9-18-14)8-13(21)23-2/h3-7,9H,8H2,1-2H3. The van der Waals surface area contributed by atoms with E-state index in [-0.39, 0.29) is 12.1 Å². The zero-order valence-electron chi connectivity index (χ0n) is 12.6. The highest BCUT2D eigenvalue weighted by atomic mass is 35.5. The van der Waals surface area contributed by atoms with E-state index < -0.39 is 5.97 Å². The van der Waals surface area contributed by atoms with Crippen LogP contribution in [0.25, 0.3) is 22.2 Å². The van der Waals surface area contributed by atoms with E-state index in [1.165, 1.54) is 18.0 Å². The van der Waals surface area contributed by atoms with E-state index in [1.54, 1.807) is 23.7 Å². The van der Waals surface area contributed by atoms with Gasteiger partial charge in [0, 0.05) is 23.8 Å². The van der Waals surface area contributed by atoms with Crippen molar-refractivity contribution in [3.63, 3.8) is 0 Å². The van der Waals surface area contributed by atoms with Crippen LogP contribution in [0.1, 0.15) is 0 Å². The second-order valence-electron chi connectivity index (χ2n) is 5.11. The van der Waals surface area contributed by atoms with E-state index in [0.717, 1.165) is 11.1 Å². The molecule has 1 aromatic carbocycles. The molecule has 118 valence electrons. The van der Waals surface area contributed by atoms with Crippen LogP contribution < -0.4 is 5.56 Å². The molecule has 0 bridgehead atoms. The van der Waals surface area contributed by atoms with Gasteiger partial charge in [0.15, 0.2) is 0 Å². The number of aryl methyl sites for hydroxylation is 1. The number of aromatic nitrogens is 3.